The Hall–Kier alpha value is -2.35. The van der Waals surface area contributed by atoms with Crippen LogP contribution in [0.3, 0.4) is 0 Å². The summed E-state index contributed by atoms with van der Waals surface area (Å²) in [6, 6.07) is 4.72. The van der Waals surface area contributed by atoms with Crippen LogP contribution in [0.5, 0.6) is 5.75 Å². The highest BCUT2D eigenvalue weighted by Crippen LogP contribution is 2.41. The third kappa shape index (κ3) is 4.86. The molecule has 0 radical (unpaired) electrons. The molecule has 1 saturated carbocycles. The number of rotatable bonds is 5. The van der Waals surface area contributed by atoms with Crippen molar-refractivity contribution in [3.8, 4) is 5.75 Å². The second kappa shape index (κ2) is 9.20. The highest BCUT2D eigenvalue weighted by molar-refractivity contribution is 8.01. The minimum Gasteiger partial charge on any atom is -0.497 e. The Balaban J connectivity index is 2.00. The van der Waals surface area contributed by atoms with Crippen LogP contribution in [-0.2, 0) is 14.3 Å². The third-order valence-electron chi connectivity index (χ3n) is 5.10. The number of methoxy groups -OCH3 is 2. The molecule has 0 N–H and O–H groups in total. The van der Waals surface area contributed by atoms with Crippen molar-refractivity contribution in [3.05, 3.63) is 23.8 Å². The van der Waals surface area contributed by atoms with E-state index in [1.54, 1.807) is 44.0 Å². The molecule has 0 amide bonds. The van der Waals surface area contributed by atoms with Crippen LogP contribution in [-0.4, -0.2) is 61.2 Å². The molecule has 0 aromatic heterocycles. The first-order valence-corrected chi connectivity index (χ1v) is 11.0. The monoisotopic (exact) mass is 432 g/mol. The maximum Gasteiger partial charge on any atom is 0.340 e. The van der Waals surface area contributed by atoms with Crippen LogP contribution < -0.4 is 4.74 Å². The number of ether oxygens (including phenoxy) is 3. The molecule has 0 saturated heterocycles. The van der Waals surface area contributed by atoms with E-state index in [-0.39, 0.29) is 16.6 Å². The van der Waals surface area contributed by atoms with Crippen molar-refractivity contribution in [1.82, 2.24) is 0 Å². The Kier molecular flexibility index (Phi) is 6.85. The van der Waals surface area contributed by atoms with Gasteiger partial charge in [-0.3, -0.25) is 9.98 Å². The standard InChI is InChI=1S/C22H28N2O5S/c1-6-29-21(26)18-12-30-19-16(10-22(2,3)11-17(19)24-18)23-15-8-7-13(27-4)9-14(15)20(25)28-5/h7-9,18-19H,6,10-12H2,1-5H3. The minimum absolute atomic E-state index is 0.00343. The lowest BCUT2D eigenvalue weighted by Crippen LogP contribution is -2.44. The molecule has 1 heterocycles. The molecule has 0 spiro atoms. The van der Waals surface area contributed by atoms with Crippen LogP contribution in [0.1, 0.15) is 44.0 Å². The SMILES string of the molecule is CCOC(=O)C1CSC2C(=Nc3ccc(OC)cc3C(=O)OC)CC(C)(C)CC2=N1. The predicted octanol–water partition coefficient (Wildman–Crippen LogP) is 3.86. The number of benzene rings is 1. The highest BCUT2D eigenvalue weighted by Gasteiger charge is 2.41. The molecule has 1 aliphatic heterocycles. The Labute approximate surface area is 181 Å². The van der Waals surface area contributed by atoms with Crippen LogP contribution >= 0.6 is 11.8 Å². The van der Waals surface area contributed by atoms with Gasteiger partial charge in [0.05, 0.1) is 37.3 Å². The molecule has 162 valence electrons. The van der Waals surface area contributed by atoms with Gasteiger partial charge in [0.25, 0.3) is 0 Å². The molecule has 2 atom stereocenters. The van der Waals surface area contributed by atoms with Crippen molar-refractivity contribution in [2.45, 2.75) is 44.9 Å². The maximum atomic E-state index is 12.3. The molecular weight excluding hydrogens is 404 g/mol. The average molecular weight is 433 g/mol. The van der Waals surface area contributed by atoms with Crippen molar-refractivity contribution in [2.75, 3.05) is 26.6 Å². The normalized spacial score (nSPS) is 23.9. The number of esters is 2. The largest absolute Gasteiger partial charge is 0.497 e. The highest BCUT2D eigenvalue weighted by atomic mass is 32.2. The van der Waals surface area contributed by atoms with Crippen LogP contribution in [0.15, 0.2) is 28.2 Å². The molecular formula is C22H28N2O5S. The topological polar surface area (TPSA) is 86.6 Å². The lowest BCUT2D eigenvalue weighted by atomic mass is 9.75. The number of thioether (sulfide) groups is 1. The van der Waals surface area contributed by atoms with E-state index in [0.29, 0.717) is 29.4 Å². The second-order valence-electron chi connectivity index (χ2n) is 8.10. The van der Waals surface area contributed by atoms with Crippen molar-refractivity contribution in [1.29, 1.82) is 0 Å². The Morgan fingerprint density at radius 2 is 2.03 bits per heavy atom. The van der Waals surface area contributed by atoms with Gasteiger partial charge in [-0.25, -0.2) is 9.59 Å². The Morgan fingerprint density at radius 1 is 1.27 bits per heavy atom. The molecule has 7 nitrogen and oxygen atoms in total. The van der Waals surface area contributed by atoms with Gasteiger partial charge in [-0.05, 0) is 43.4 Å². The number of fused-ring (bicyclic) bond motifs is 1. The van der Waals surface area contributed by atoms with E-state index in [0.717, 1.165) is 24.3 Å². The lowest BCUT2D eigenvalue weighted by Gasteiger charge is -2.39. The number of carbonyl (C=O) groups is 2. The molecule has 1 aliphatic carbocycles. The molecule has 2 unspecified atom stereocenters. The van der Waals surface area contributed by atoms with E-state index in [4.69, 9.17) is 24.2 Å². The zero-order chi connectivity index (χ0) is 21.9. The van der Waals surface area contributed by atoms with Crippen molar-refractivity contribution >= 4 is 40.8 Å². The van der Waals surface area contributed by atoms with Crippen LogP contribution in [0.4, 0.5) is 5.69 Å². The zero-order valence-corrected chi connectivity index (χ0v) is 18.9. The van der Waals surface area contributed by atoms with Gasteiger partial charge in [0.15, 0.2) is 6.04 Å². The third-order valence-corrected chi connectivity index (χ3v) is 6.48. The summed E-state index contributed by atoms with van der Waals surface area (Å²) in [6.07, 6.45) is 1.58. The summed E-state index contributed by atoms with van der Waals surface area (Å²) in [4.78, 5) is 34.1. The first-order chi connectivity index (χ1) is 14.3. The Morgan fingerprint density at radius 3 is 2.70 bits per heavy atom. The Bertz CT molecular complexity index is 894. The number of carbonyl (C=O) groups excluding carboxylic acids is 2. The summed E-state index contributed by atoms with van der Waals surface area (Å²) < 4.78 is 15.3. The molecule has 1 aromatic carbocycles. The van der Waals surface area contributed by atoms with Gasteiger partial charge in [-0.1, -0.05) is 13.8 Å². The van der Waals surface area contributed by atoms with E-state index in [9.17, 15) is 9.59 Å². The lowest BCUT2D eigenvalue weighted by molar-refractivity contribution is -0.144. The van der Waals surface area contributed by atoms with Crippen molar-refractivity contribution in [3.63, 3.8) is 0 Å². The zero-order valence-electron chi connectivity index (χ0n) is 18.1. The molecule has 1 aromatic rings. The summed E-state index contributed by atoms with van der Waals surface area (Å²) in [6.45, 7) is 6.47. The molecule has 30 heavy (non-hydrogen) atoms. The van der Waals surface area contributed by atoms with E-state index in [1.165, 1.54) is 7.11 Å². The van der Waals surface area contributed by atoms with Gasteiger partial charge in [0.2, 0.25) is 0 Å². The summed E-state index contributed by atoms with van der Waals surface area (Å²) in [5.41, 5.74) is 2.77. The van der Waals surface area contributed by atoms with Gasteiger partial charge >= 0.3 is 11.9 Å². The van der Waals surface area contributed by atoms with Crippen LogP contribution in [0.2, 0.25) is 0 Å². The summed E-state index contributed by atoms with van der Waals surface area (Å²) in [5, 5.41) is -0.00343. The van der Waals surface area contributed by atoms with Gasteiger partial charge < -0.3 is 14.2 Å². The number of hydrogen-bond acceptors (Lipinski definition) is 8. The minimum atomic E-state index is -0.469. The number of nitrogens with zero attached hydrogens (tertiary/aromatic N) is 2. The van der Waals surface area contributed by atoms with Gasteiger partial charge in [0.1, 0.15) is 5.75 Å². The number of aliphatic imine (C=N–C) groups is 2. The van der Waals surface area contributed by atoms with E-state index in [2.05, 4.69) is 13.8 Å². The van der Waals surface area contributed by atoms with Crippen molar-refractivity contribution < 1.29 is 23.8 Å². The summed E-state index contributed by atoms with van der Waals surface area (Å²) in [7, 11) is 2.90. The quantitative estimate of drug-likeness (QED) is 0.657. The first-order valence-electron chi connectivity index (χ1n) is 9.96. The predicted molar refractivity (Wildman–Crippen MR) is 119 cm³/mol. The fraction of sp³-hybridized carbons (Fsp3) is 0.545. The van der Waals surface area contributed by atoms with Gasteiger partial charge in [0, 0.05) is 17.2 Å². The van der Waals surface area contributed by atoms with Gasteiger partial charge in [-0.2, -0.15) is 0 Å². The van der Waals surface area contributed by atoms with Gasteiger partial charge in [-0.15, -0.1) is 11.8 Å². The van der Waals surface area contributed by atoms with E-state index >= 15 is 0 Å². The maximum absolute atomic E-state index is 12.3. The molecule has 3 rings (SSSR count). The average Bonchev–Trinajstić information content (AvgIpc) is 2.72. The fourth-order valence-electron chi connectivity index (χ4n) is 3.78. The van der Waals surface area contributed by atoms with Crippen LogP contribution in [0.25, 0.3) is 0 Å². The fourth-order valence-corrected chi connectivity index (χ4v) is 5.03. The molecule has 2 aliphatic rings. The smallest absolute Gasteiger partial charge is 0.340 e. The molecule has 0 bridgehead atoms. The van der Waals surface area contributed by atoms with Crippen LogP contribution in [0, 0.1) is 5.41 Å². The molecule has 8 heteroatoms. The summed E-state index contributed by atoms with van der Waals surface area (Å²) >= 11 is 1.66. The van der Waals surface area contributed by atoms with E-state index < -0.39 is 12.0 Å². The first kappa shape index (κ1) is 22.3. The number of hydrogen-bond donors (Lipinski definition) is 0. The van der Waals surface area contributed by atoms with E-state index in [1.807, 2.05) is 0 Å². The second-order valence-corrected chi connectivity index (χ2v) is 9.24. The summed E-state index contributed by atoms with van der Waals surface area (Å²) in [5.74, 6) is 0.380. The molecule has 1 fully saturated rings. The van der Waals surface area contributed by atoms with Crippen molar-refractivity contribution in [2.24, 2.45) is 15.4 Å².